The molecule has 0 bridgehead atoms. The van der Waals surface area contributed by atoms with E-state index in [1.165, 1.54) is 24.3 Å². The van der Waals surface area contributed by atoms with Crippen molar-refractivity contribution in [3.05, 3.63) is 30.1 Å². The molecule has 1 unspecified atom stereocenters. The number of benzene rings is 1. The van der Waals surface area contributed by atoms with Gasteiger partial charge in [0.1, 0.15) is 24.3 Å². The molecule has 0 spiro atoms. The van der Waals surface area contributed by atoms with Crippen molar-refractivity contribution in [2.75, 3.05) is 26.4 Å². The molecule has 0 amide bonds. The molecule has 5 nitrogen and oxygen atoms in total. The van der Waals surface area contributed by atoms with Gasteiger partial charge in [-0.1, -0.05) is 0 Å². The lowest BCUT2D eigenvalue weighted by Crippen LogP contribution is -2.52. The predicted octanol–water partition coefficient (Wildman–Crippen LogP) is -0.102. The number of rotatable bonds is 8. The van der Waals surface area contributed by atoms with E-state index in [-0.39, 0.29) is 32.2 Å². The van der Waals surface area contributed by atoms with Crippen LogP contribution in [-0.4, -0.2) is 53.3 Å². The Hall–Kier alpha value is -1.21. The summed E-state index contributed by atoms with van der Waals surface area (Å²) >= 11 is 0. The number of aliphatic hydroxyl groups excluding tert-OH is 3. The van der Waals surface area contributed by atoms with E-state index in [0.717, 1.165) is 0 Å². The molecule has 0 heterocycles. The van der Waals surface area contributed by atoms with Crippen molar-refractivity contribution in [2.45, 2.75) is 18.6 Å². The second-order valence-corrected chi connectivity index (χ2v) is 4.68. The molecule has 108 valence electrons. The molecule has 0 radical (unpaired) electrons. The van der Waals surface area contributed by atoms with Crippen molar-refractivity contribution in [2.24, 2.45) is 0 Å². The quantitative estimate of drug-likeness (QED) is 0.532. The fourth-order valence-electron chi connectivity index (χ4n) is 1.31. The molecule has 1 rings (SSSR count). The molecule has 0 fully saturated rings. The van der Waals surface area contributed by atoms with Crippen LogP contribution >= 0.6 is 0 Å². The largest absolute Gasteiger partial charge is 0.491 e. The molecule has 19 heavy (non-hydrogen) atoms. The Balaban J connectivity index is 2.31. The Morgan fingerprint density at radius 2 is 1.84 bits per heavy atom. The monoisotopic (exact) mass is 273 g/mol. The normalized spacial score (nSPS) is 13.3. The molecule has 0 saturated carbocycles. The van der Waals surface area contributed by atoms with Crippen LogP contribution in [0.15, 0.2) is 24.3 Å². The minimum Gasteiger partial charge on any atom is -0.491 e. The molecule has 1 atom stereocenters. The van der Waals surface area contributed by atoms with Gasteiger partial charge in [-0.05, 0) is 31.2 Å². The first-order valence-electron chi connectivity index (χ1n) is 6.02. The van der Waals surface area contributed by atoms with Gasteiger partial charge in [-0.25, -0.2) is 4.39 Å². The summed E-state index contributed by atoms with van der Waals surface area (Å²) in [5.41, 5.74) is -0.836. The van der Waals surface area contributed by atoms with E-state index in [1.54, 1.807) is 6.92 Å². The van der Waals surface area contributed by atoms with E-state index in [2.05, 4.69) is 5.32 Å². The van der Waals surface area contributed by atoms with Gasteiger partial charge in [-0.15, -0.1) is 0 Å². The minimum absolute atomic E-state index is 0.0333. The zero-order valence-electron chi connectivity index (χ0n) is 10.8. The second kappa shape index (κ2) is 7.40. The highest BCUT2D eigenvalue weighted by Gasteiger charge is 2.22. The molecule has 6 heteroatoms. The summed E-state index contributed by atoms with van der Waals surface area (Å²) in [4.78, 5) is 0. The zero-order chi connectivity index (χ0) is 14.3. The lowest BCUT2D eigenvalue weighted by molar-refractivity contribution is 0.0666. The summed E-state index contributed by atoms with van der Waals surface area (Å²) in [6.45, 7) is 1.36. The highest BCUT2D eigenvalue weighted by molar-refractivity contribution is 5.22. The van der Waals surface area contributed by atoms with E-state index in [0.29, 0.717) is 5.75 Å². The first-order chi connectivity index (χ1) is 8.99. The fraction of sp³-hybridized carbons (Fsp3) is 0.538. The first-order valence-corrected chi connectivity index (χ1v) is 6.02. The third-order valence-electron chi connectivity index (χ3n) is 2.72. The van der Waals surface area contributed by atoms with Crippen molar-refractivity contribution in [1.82, 2.24) is 5.32 Å². The van der Waals surface area contributed by atoms with Gasteiger partial charge >= 0.3 is 0 Å². The molecule has 0 aliphatic rings. The topological polar surface area (TPSA) is 82.0 Å². The summed E-state index contributed by atoms with van der Waals surface area (Å²) in [7, 11) is 0. The number of hydrogen-bond donors (Lipinski definition) is 4. The number of hydrogen-bond acceptors (Lipinski definition) is 5. The number of halogens is 1. The molecular formula is C13H20FNO4. The van der Waals surface area contributed by atoms with Crippen molar-refractivity contribution in [3.63, 3.8) is 0 Å². The third kappa shape index (κ3) is 5.52. The fourth-order valence-corrected chi connectivity index (χ4v) is 1.31. The Labute approximate surface area is 111 Å². The van der Waals surface area contributed by atoms with Gasteiger partial charge in [0, 0.05) is 6.54 Å². The number of ether oxygens (including phenoxy) is 1. The van der Waals surface area contributed by atoms with E-state index in [1.807, 2.05) is 0 Å². The van der Waals surface area contributed by atoms with Crippen molar-refractivity contribution < 1.29 is 24.4 Å². The van der Waals surface area contributed by atoms with Crippen LogP contribution in [0.5, 0.6) is 5.75 Å². The average molecular weight is 273 g/mol. The summed E-state index contributed by atoms with van der Waals surface area (Å²) in [5.74, 6) is 0.115. The summed E-state index contributed by atoms with van der Waals surface area (Å²) < 4.78 is 17.9. The smallest absolute Gasteiger partial charge is 0.123 e. The van der Waals surface area contributed by atoms with Gasteiger partial charge in [0.25, 0.3) is 0 Å². The maximum atomic E-state index is 12.7. The van der Waals surface area contributed by atoms with E-state index in [4.69, 9.17) is 14.9 Å². The molecule has 0 aliphatic carbocycles. The van der Waals surface area contributed by atoms with Crippen LogP contribution in [0.2, 0.25) is 0 Å². The van der Waals surface area contributed by atoms with E-state index in [9.17, 15) is 9.50 Å². The van der Waals surface area contributed by atoms with Crippen LogP contribution in [-0.2, 0) is 0 Å². The molecular weight excluding hydrogens is 253 g/mol. The maximum Gasteiger partial charge on any atom is 0.123 e. The summed E-state index contributed by atoms with van der Waals surface area (Å²) in [6.07, 6.45) is -0.803. The average Bonchev–Trinajstić information content (AvgIpc) is 2.44. The maximum absolute atomic E-state index is 12.7. The standard InChI is InChI=1S/C13H20FNO4/c1-13(8-16,9-17)15-6-11(18)7-19-12-4-2-10(14)3-5-12/h2-5,11,15-18H,6-9H2,1H3. The second-order valence-electron chi connectivity index (χ2n) is 4.68. The van der Waals surface area contributed by atoms with E-state index < -0.39 is 11.6 Å². The molecule has 4 N–H and O–H groups in total. The van der Waals surface area contributed by atoms with Crippen LogP contribution in [0.4, 0.5) is 4.39 Å². The van der Waals surface area contributed by atoms with Gasteiger partial charge in [0.2, 0.25) is 0 Å². The molecule has 1 aromatic carbocycles. The minimum atomic E-state index is -0.836. The van der Waals surface area contributed by atoms with Gasteiger partial charge in [-0.3, -0.25) is 0 Å². The molecule has 0 aromatic heterocycles. The van der Waals surface area contributed by atoms with Gasteiger partial charge in [-0.2, -0.15) is 0 Å². The zero-order valence-corrected chi connectivity index (χ0v) is 10.8. The third-order valence-corrected chi connectivity index (χ3v) is 2.72. The highest BCUT2D eigenvalue weighted by atomic mass is 19.1. The Bertz CT molecular complexity index is 367. The van der Waals surface area contributed by atoms with Crippen LogP contribution in [0, 0.1) is 5.82 Å². The van der Waals surface area contributed by atoms with Gasteiger partial charge in [0.05, 0.1) is 18.8 Å². The summed E-state index contributed by atoms with van der Waals surface area (Å²) in [6, 6.07) is 5.49. The van der Waals surface area contributed by atoms with Crippen LogP contribution < -0.4 is 10.1 Å². The molecule has 0 aliphatic heterocycles. The molecule has 0 saturated heterocycles. The number of aliphatic hydroxyl groups is 3. The van der Waals surface area contributed by atoms with Crippen molar-refractivity contribution in [1.29, 1.82) is 0 Å². The number of nitrogens with one attached hydrogen (secondary N) is 1. The lowest BCUT2D eigenvalue weighted by Gasteiger charge is -2.27. The Morgan fingerprint density at radius 3 is 2.37 bits per heavy atom. The van der Waals surface area contributed by atoms with Gasteiger partial charge in [0.15, 0.2) is 0 Å². The van der Waals surface area contributed by atoms with Gasteiger partial charge < -0.3 is 25.4 Å². The van der Waals surface area contributed by atoms with Crippen molar-refractivity contribution in [3.8, 4) is 5.75 Å². The van der Waals surface area contributed by atoms with Crippen LogP contribution in [0.1, 0.15) is 6.92 Å². The molecule has 1 aromatic rings. The van der Waals surface area contributed by atoms with Crippen LogP contribution in [0.25, 0.3) is 0 Å². The van der Waals surface area contributed by atoms with Crippen molar-refractivity contribution >= 4 is 0 Å². The first kappa shape index (κ1) is 15.8. The lowest BCUT2D eigenvalue weighted by atomic mass is 10.1. The Morgan fingerprint density at radius 1 is 1.26 bits per heavy atom. The Kier molecular flexibility index (Phi) is 6.17. The number of β-amino-alcohol motifs (C(OH)–C–C–N with tert-alkyl or cyclic N) is 1. The highest BCUT2D eigenvalue weighted by Crippen LogP contribution is 2.11. The van der Waals surface area contributed by atoms with E-state index >= 15 is 0 Å². The summed E-state index contributed by atoms with van der Waals surface area (Å²) in [5, 5.41) is 30.7. The SMILES string of the molecule is CC(CO)(CO)NCC(O)COc1ccc(F)cc1. The predicted molar refractivity (Wildman–Crippen MR) is 68.5 cm³/mol. The van der Waals surface area contributed by atoms with Crippen LogP contribution in [0.3, 0.4) is 0 Å².